The number of carbonyl (C=O) groups is 1. The number of benzene rings is 2. The molecule has 0 aliphatic carbocycles. The normalized spacial score (nSPS) is 10.7. The van der Waals surface area contributed by atoms with Crippen LogP contribution in [0.1, 0.15) is 23.2 Å². The maximum Gasteiger partial charge on any atom is 0.226 e. The lowest BCUT2D eigenvalue weighted by molar-refractivity contribution is -0.120. The first kappa shape index (κ1) is 19.6. The molecule has 0 saturated carbocycles. The molecule has 0 bridgehead atoms. The number of amides is 1. The second-order valence-electron chi connectivity index (χ2n) is 6.14. The Morgan fingerprint density at radius 3 is 2.63 bits per heavy atom. The van der Waals surface area contributed by atoms with Crippen molar-refractivity contribution < 1.29 is 9.18 Å². The van der Waals surface area contributed by atoms with Gasteiger partial charge in [0.1, 0.15) is 10.2 Å². The predicted octanol–water partition coefficient (Wildman–Crippen LogP) is 4.87. The average Bonchev–Trinajstić information content (AvgIpc) is 3.13. The third-order valence-electron chi connectivity index (χ3n) is 3.96. The summed E-state index contributed by atoms with van der Waals surface area (Å²) < 4.78 is 13.8. The van der Waals surface area contributed by atoms with E-state index in [1.54, 1.807) is 23.9 Å². The van der Waals surface area contributed by atoms with Crippen molar-refractivity contribution in [2.45, 2.75) is 29.4 Å². The van der Waals surface area contributed by atoms with Crippen molar-refractivity contribution in [2.75, 3.05) is 6.54 Å². The summed E-state index contributed by atoms with van der Waals surface area (Å²) in [6.45, 7) is 0.671. The van der Waals surface area contributed by atoms with E-state index < -0.39 is 0 Å². The van der Waals surface area contributed by atoms with Gasteiger partial charge in [0.25, 0.3) is 0 Å². The molecule has 0 aliphatic heterocycles. The first-order chi connectivity index (χ1) is 13.2. The highest BCUT2D eigenvalue weighted by Crippen LogP contribution is 2.26. The molecular weight excluding hydrogens is 379 g/mol. The molecule has 0 fully saturated rings. The quantitative estimate of drug-likeness (QED) is 0.412. The number of halogens is 1. The van der Waals surface area contributed by atoms with Gasteiger partial charge in [0.2, 0.25) is 5.91 Å². The van der Waals surface area contributed by atoms with Crippen molar-refractivity contribution in [1.82, 2.24) is 10.3 Å². The van der Waals surface area contributed by atoms with Crippen molar-refractivity contribution in [3.8, 4) is 0 Å². The van der Waals surface area contributed by atoms with Crippen LogP contribution in [0.3, 0.4) is 0 Å². The van der Waals surface area contributed by atoms with Crippen LogP contribution in [0, 0.1) is 5.82 Å². The molecule has 27 heavy (non-hydrogen) atoms. The maximum atomic E-state index is 12.9. The van der Waals surface area contributed by atoms with Gasteiger partial charge in [-0.05, 0) is 36.1 Å². The van der Waals surface area contributed by atoms with Crippen LogP contribution in [0.25, 0.3) is 0 Å². The van der Waals surface area contributed by atoms with Crippen LogP contribution in [0.2, 0.25) is 0 Å². The van der Waals surface area contributed by atoms with Crippen LogP contribution in [0.4, 0.5) is 4.39 Å². The zero-order valence-corrected chi connectivity index (χ0v) is 16.5. The summed E-state index contributed by atoms with van der Waals surface area (Å²) >= 11 is 3.14. The van der Waals surface area contributed by atoms with E-state index in [0.29, 0.717) is 13.0 Å². The lowest BCUT2D eigenvalue weighted by atomic mass is 10.1. The zero-order chi connectivity index (χ0) is 18.9. The number of rotatable bonds is 9. The fraction of sp³-hybridized carbons (Fsp3) is 0.238. The first-order valence-electron chi connectivity index (χ1n) is 8.81. The Balaban J connectivity index is 1.36. The number of nitrogens with one attached hydrogen (secondary N) is 1. The Kier molecular flexibility index (Phi) is 7.42. The summed E-state index contributed by atoms with van der Waals surface area (Å²) in [5, 5.41) is 4.88. The third-order valence-corrected chi connectivity index (χ3v) is 6.10. The van der Waals surface area contributed by atoms with Crippen molar-refractivity contribution in [1.29, 1.82) is 0 Å². The largest absolute Gasteiger partial charge is 0.356 e. The summed E-state index contributed by atoms with van der Waals surface area (Å²) in [5.74, 6) is 0.511. The highest BCUT2D eigenvalue weighted by Gasteiger charge is 2.08. The van der Waals surface area contributed by atoms with Gasteiger partial charge in [0, 0.05) is 17.7 Å². The molecule has 0 unspecified atom stereocenters. The zero-order valence-electron chi connectivity index (χ0n) is 14.9. The molecule has 2 aromatic carbocycles. The van der Waals surface area contributed by atoms with Gasteiger partial charge >= 0.3 is 0 Å². The molecule has 1 N–H and O–H groups in total. The van der Waals surface area contributed by atoms with Gasteiger partial charge in [-0.1, -0.05) is 54.2 Å². The number of aryl methyl sites for hydroxylation is 1. The molecule has 0 spiro atoms. The second kappa shape index (κ2) is 10.2. The number of hydrogen-bond acceptors (Lipinski definition) is 4. The van der Waals surface area contributed by atoms with Gasteiger partial charge in [0.05, 0.1) is 12.1 Å². The molecule has 140 valence electrons. The van der Waals surface area contributed by atoms with E-state index >= 15 is 0 Å². The van der Waals surface area contributed by atoms with Gasteiger partial charge in [-0.3, -0.25) is 4.79 Å². The number of carbonyl (C=O) groups excluding carboxylic acids is 1. The van der Waals surface area contributed by atoms with Crippen molar-refractivity contribution in [2.24, 2.45) is 0 Å². The molecule has 0 atom stereocenters. The summed E-state index contributed by atoms with van der Waals surface area (Å²) in [6, 6.07) is 16.7. The van der Waals surface area contributed by atoms with Gasteiger partial charge in [-0.2, -0.15) is 0 Å². The minimum atomic E-state index is -0.227. The van der Waals surface area contributed by atoms with E-state index in [0.717, 1.165) is 34.2 Å². The molecule has 0 aliphatic rings. The maximum absolute atomic E-state index is 12.9. The lowest BCUT2D eigenvalue weighted by Crippen LogP contribution is -2.26. The summed E-state index contributed by atoms with van der Waals surface area (Å²) in [6.07, 6.45) is 2.19. The second-order valence-corrected chi connectivity index (χ2v) is 8.22. The molecule has 1 heterocycles. The highest BCUT2D eigenvalue weighted by molar-refractivity contribution is 8.00. The van der Waals surface area contributed by atoms with E-state index in [1.165, 1.54) is 29.0 Å². The number of thiazole rings is 1. The minimum absolute atomic E-state index is 0.00319. The molecule has 3 rings (SSSR count). The monoisotopic (exact) mass is 400 g/mol. The number of thioether (sulfide) groups is 1. The lowest BCUT2D eigenvalue weighted by Gasteiger charge is -2.04. The predicted molar refractivity (Wildman–Crippen MR) is 110 cm³/mol. The molecule has 6 heteroatoms. The van der Waals surface area contributed by atoms with Crippen LogP contribution in [0.5, 0.6) is 0 Å². The van der Waals surface area contributed by atoms with Crippen molar-refractivity contribution in [3.63, 3.8) is 0 Å². The topological polar surface area (TPSA) is 42.0 Å². The Hall–Kier alpha value is -2.18. The van der Waals surface area contributed by atoms with E-state index in [4.69, 9.17) is 0 Å². The van der Waals surface area contributed by atoms with E-state index in [1.807, 2.05) is 23.6 Å². The van der Waals surface area contributed by atoms with Gasteiger partial charge in [0.15, 0.2) is 0 Å². The van der Waals surface area contributed by atoms with Crippen LogP contribution < -0.4 is 5.32 Å². The Labute approximate surface area is 167 Å². The Morgan fingerprint density at radius 2 is 1.85 bits per heavy atom. The Bertz CT molecular complexity index is 850. The number of hydrogen-bond donors (Lipinski definition) is 1. The minimum Gasteiger partial charge on any atom is -0.356 e. The molecular formula is C21H21FN2OS2. The standard InChI is InChI=1S/C21H21FN2OS2/c22-18-10-8-17(9-11-18)14-26-21-24-19(15-27-21)13-20(25)23-12-4-7-16-5-2-1-3-6-16/h1-3,5-6,8-11,15H,4,7,12-14H2,(H,23,25). The van der Waals surface area contributed by atoms with Gasteiger partial charge in [-0.25, -0.2) is 9.37 Å². The molecule has 0 saturated heterocycles. The number of nitrogens with zero attached hydrogens (tertiary/aromatic N) is 1. The fourth-order valence-corrected chi connectivity index (χ4v) is 4.35. The summed E-state index contributed by atoms with van der Waals surface area (Å²) in [7, 11) is 0. The van der Waals surface area contributed by atoms with Gasteiger partial charge in [-0.15, -0.1) is 11.3 Å². The van der Waals surface area contributed by atoms with E-state index in [2.05, 4.69) is 22.4 Å². The number of aromatic nitrogens is 1. The van der Waals surface area contributed by atoms with Crippen LogP contribution in [0.15, 0.2) is 64.3 Å². The molecule has 1 aromatic heterocycles. The van der Waals surface area contributed by atoms with Crippen molar-refractivity contribution >= 4 is 29.0 Å². The first-order valence-corrected chi connectivity index (χ1v) is 10.7. The Morgan fingerprint density at radius 1 is 1.07 bits per heavy atom. The fourth-order valence-electron chi connectivity index (χ4n) is 2.55. The molecule has 3 aromatic rings. The smallest absolute Gasteiger partial charge is 0.226 e. The van der Waals surface area contributed by atoms with Crippen molar-refractivity contribution in [3.05, 3.63) is 82.6 Å². The third kappa shape index (κ3) is 6.81. The van der Waals surface area contributed by atoms with E-state index in [9.17, 15) is 9.18 Å². The summed E-state index contributed by atoms with van der Waals surface area (Å²) in [5.41, 5.74) is 3.13. The van der Waals surface area contributed by atoms with E-state index in [-0.39, 0.29) is 11.7 Å². The SMILES string of the molecule is O=C(Cc1csc(SCc2ccc(F)cc2)n1)NCCCc1ccccc1. The molecule has 3 nitrogen and oxygen atoms in total. The van der Waals surface area contributed by atoms with Crippen LogP contribution >= 0.6 is 23.1 Å². The molecule has 1 amide bonds. The average molecular weight is 401 g/mol. The molecule has 0 radical (unpaired) electrons. The highest BCUT2D eigenvalue weighted by atomic mass is 32.2. The van der Waals surface area contributed by atoms with Gasteiger partial charge < -0.3 is 5.32 Å². The van der Waals surface area contributed by atoms with Crippen LogP contribution in [-0.2, 0) is 23.4 Å². The summed E-state index contributed by atoms with van der Waals surface area (Å²) in [4.78, 5) is 16.6. The van der Waals surface area contributed by atoms with Crippen LogP contribution in [-0.4, -0.2) is 17.4 Å².